The summed E-state index contributed by atoms with van der Waals surface area (Å²) in [5.74, 6) is 0.588. The molecule has 1 aromatic heterocycles. The average Bonchev–Trinajstić information content (AvgIpc) is 3.09. The molecule has 0 bridgehead atoms. The molecule has 3 rings (SSSR count). The maximum Gasteiger partial charge on any atom is 0.251 e. The van der Waals surface area contributed by atoms with Crippen molar-refractivity contribution >= 4 is 5.91 Å². The number of hydrogen-bond donors (Lipinski definition) is 2. The number of likely N-dealkylation sites (tertiary alicyclic amines) is 1. The zero-order valence-electron chi connectivity index (χ0n) is 12.5. The van der Waals surface area contributed by atoms with E-state index >= 15 is 0 Å². The van der Waals surface area contributed by atoms with Gasteiger partial charge in [-0.05, 0) is 31.6 Å². The van der Waals surface area contributed by atoms with Crippen molar-refractivity contribution in [2.75, 3.05) is 13.1 Å². The van der Waals surface area contributed by atoms with Gasteiger partial charge in [0.1, 0.15) is 6.10 Å². The van der Waals surface area contributed by atoms with Crippen LogP contribution >= 0.6 is 0 Å². The minimum Gasteiger partial charge on any atom is -0.383 e. The van der Waals surface area contributed by atoms with Gasteiger partial charge in [-0.1, -0.05) is 19.3 Å². The molecule has 2 aliphatic rings. The number of aromatic amines is 1. The van der Waals surface area contributed by atoms with E-state index < -0.39 is 6.10 Å². The molecule has 1 saturated heterocycles. The molecular formula is C16H25N3O2. The third-order valence-corrected chi connectivity index (χ3v) is 5.12. The maximum absolute atomic E-state index is 12.4. The Labute approximate surface area is 125 Å². The molecule has 1 amide bonds. The van der Waals surface area contributed by atoms with Crippen molar-refractivity contribution in [1.82, 2.24) is 14.9 Å². The van der Waals surface area contributed by atoms with Gasteiger partial charge in [0.15, 0.2) is 0 Å². The lowest BCUT2D eigenvalue weighted by Gasteiger charge is -2.35. The number of aliphatic hydroxyl groups excluding tert-OH is 1. The fourth-order valence-corrected chi connectivity index (χ4v) is 3.74. The van der Waals surface area contributed by atoms with Crippen molar-refractivity contribution in [3.8, 4) is 0 Å². The summed E-state index contributed by atoms with van der Waals surface area (Å²) in [5.41, 5.74) is 1.16. The Morgan fingerprint density at radius 1 is 1.24 bits per heavy atom. The number of carbonyl (C=O) groups excluding carboxylic acids is 1. The molecule has 1 atom stereocenters. The molecule has 5 nitrogen and oxygen atoms in total. The Morgan fingerprint density at radius 3 is 2.57 bits per heavy atom. The first kappa shape index (κ1) is 14.6. The number of nitrogens with one attached hydrogen (secondary N) is 1. The van der Waals surface area contributed by atoms with Crippen molar-refractivity contribution in [2.24, 2.45) is 5.92 Å². The second-order valence-corrected chi connectivity index (χ2v) is 6.45. The highest BCUT2D eigenvalue weighted by molar-refractivity contribution is 5.81. The third kappa shape index (κ3) is 3.28. The SMILES string of the molecule is O=C(C(O)C1CCCCC1)N1CCC(c2cnc[nH]2)CC1. The normalized spacial score (nSPS) is 23.2. The Hall–Kier alpha value is -1.36. The number of piperidine rings is 1. The minimum absolute atomic E-state index is 0.0510. The van der Waals surface area contributed by atoms with Crippen LogP contribution in [0.15, 0.2) is 12.5 Å². The van der Waals surface area contributed by atoms with Crippen LogP contribution in [0.5, 0.6) is 0 Å². The largest absolute Gasteiger partial charge is 0.383 e. The molecule has 116 valence electrons. The predicted octanol–water partition coefficient (Wildman–Crippen LogP) is 2.06. The molecule has 2 N–H and O–H groups in total. The van der Waals surface area contributed by atoms with Gasteiger partial charge >= 0.3 is 0 Å². The molecule has 1 saturated carbocycles. The lowest BCUT2D eigenvalue weighted by molar-refractivity contribution is -0.144. The predicted molar refractivity (Wildman–Crippen MR) is 79.7 cm³/mol. The number of aliphatic hydroxyl groups is 1. The molecule has 1 aliphatic carbocycles. The highest BCUT2D eigenvalue weighted by Gasteiger charge is 2.33. The van der Waals surface area contributed by atoms with Crippen LogP contribution in [-0.4, -0.2) is 45.1 Å². The summed E-state index contributed by atoms with van der Waals surface area (Å²) in [6.45, 7) is 1.48. The van der Waals surface area contributed by atoms with Crippen LogP contribution < -0.4 is 0 Å². The number of amides is 1. The van der Waals surface area contributed by atoms with Crippen molar-refractivity contribution < 1.29 is 9.90 Å². The van der Waals surface area contributed by atoms with Crippen molar-refractivity contribution in [3.63, 3.8) is 0 Å². The summed E-state index contributed by atoms with van der Waals surface area (Å²) in [4.78, 5) is 21.5. The molecule has 1 unspecified atom stereocenters. The van der Waals surface area contributed by atoms with Gasteiger partial charge in [-0.15, -0.1) is 0 Å². The fourth-order valence-electron chi connectivity index (χ4n) is 3.74. The summed E-state index contributed by atoms with van der Waals surface area (Å²) in [6.07, 6.45) is 10.2. The number of H-pyrrole nitrogens is 1. The number of rotatable bonds is 3. The van der Waals surface area contributed by atoms with Crippen LogP contribution in [-0.2, 0) is 4.79 Å². The smallest absolute Gasteiger partial charge is 0.251 e. The molecule has 21 heavy (non-hydrogen) atoms. The summed E-state index contributed by atoms with van der Waals surface area (Å²) < 4.78 is 0. The van der Waals surface area contributed by atoms with Gasteiger partial charge in [-0.2, -0.15) is 0 Å². The van der Waals surface area contributed by atoms with Gasteiger partial charge in [0.25, 0.3) is 5.91 Å². The maximum atomic E-state index is 12.4. The fraction of sp³-hybridized carbons (Fsp3) is 0.750. The molecule has 1 aromatic rings. The molecule has 0 spiro atoms. The molecule has 2 heterocycles. The van der Waals surface area contributed by atoms with E-state index in [0.29, 0.717) is 5.92 Å². The van der Waals surface area contributed by atoms with Gasteiger partial charge in [0.2, 0.25) is 0 Å². The zero-order chi connectivity index (χ0) is 14.7. The van der Waals surface area contributed by atoms with Crippen molar-refractivity contribution in [1.29, 1.82) is 0 Å². The molecular weight excluding hydrogens is 266 g/mol. The number of aromatic nitrogens is 2. The number of nitrogens with zero attached hydrogens (tertiary/aromatic N) is 2. The van der Waals surface area contributed by atoms with Gasteiger partial charge in [-0.3, -0.25) is 4.79 Å². The van der Waals surface area contributed by atoms with Crippen LogP contribution in [0.1, 0.15) is 56.6 Å². The number of carbonyl (C=O) groups is 1. The first-order chi connectivity index (χ1) is 10.3. The lowest BCUT2D eigenvalue weighted by Crippen LogP contribution is -2.46. The van der Waals surface area contributed by atoms with Crippen molar-refractivity contribution in [3.05, 3.63) is 18.2 Å². The Morgan fingerprint density at radius 2 is 1.95 bits per heavy atom. The van der Waals surface area contributed by atoms with Crippen LogP contribution in [0.3, 0.4) is 0 Å². The highest BCUT2D eigenvalue weighted by Crippen LogP contribution is 2.30. The van der Waals surface area contributed by atoms with E-state index in [9.17, 15) is 9.90 Å². The van der Waals surface area contributed by atoms with Gasteiger partial charge in [0, 0.05) is 30.9 Å². The van der Waals surface area contributed by atoms with Crippen molar-refractivity contribution in [2.45, 2.75) is 57.0 Å². The Bertz CT molecular complexity index is 446. The van der Waals surface area contributed by atoms with E-state index in [1.807, 2.05) is 11.1 Å². The first-order valence-corrected chi connectivity index (χ1v) is 8.21. The minimum atomic E-state index is -0.783. The van der Waals surface area contributed by atoms with Crippen LogP contribution in [0, 0.1) is 5.92 Å². The summed E-state index contributed by atoms with van der Waals surface area (Å²) >= 11 is 0. The Balaban J connectivity index is 1.52. The topological polar surface area (TPSA) is 69.2 Å². The second-order valence-electron chi connectivity index (χ2n) is 6.45. The molecule has 0 aromatic carbocycles. The van der Waals surface area contributed by atoms with Gasteiger partial charge in [0.05, 0.1) is 6.33 Å². The van der Waals surface area contributed by atoms with E-state index in [1.54, 1.807) is 6.33 Å². The van der Waals surface area contributed by atoms with E-state index in [1.165, 1.54) is 6.42 Å². The molecule has 1 aliphatic heterocycles. The summed E-state index contributed by atoms with van der Waals surface area (Å²) in [5, 5.41) is 10.3. The molecule has 5 heteroatoms. The number of hydrogen-bond acceptors (Lipinski definition) is 3. The van der Waals surface area contributed by atoms with Crippen LogP contribution in [0.2, 0.25) is 0 Å². The van der Waals surface area contributed by atoms with E-state index in [0.717, 1.165) is 57.3 Å². The standard InChI is InChI=1S/C16H25N3O2/c20-15(13-4-2-1-3-5-13)16(21)19-8-6-12(7-9-19)14-10-17-11-18-14/h10-13,15,20H,1-9H2,(H,17,18). The monoisotopic (exact) mass is 291 g/mol. The molecule has 0 radical (unpaired) electrons. The van der Waals surface area contributed by atoms with E-state index in [-0.39, 0.29) is 11.8 Å². The van der Waals surface area contributed by atoms with Gasteiger partial charge < -0.3 is 15.0 Å². The number of imidazole rings is 1. The second kappa shape index (κ2) is 6.60. The zero-order valence-corrected chi connectivity index (χ0v) is 12.5. The summed E-state index contributed by atoms with van der Waals surface area (Å²) in [6, 6.07) is 0. The van der Waals surface area contributed by atoms with Crippen LogP contribution in [0.4, 0.5) is 0 Å². The first-order valence-electron chi connectivity index (χ1n) is 8.21. The highest BCUT2D eigenvalue weighted by atomic mass is 16.3. The Kier molecular flexibility index (Phi) is 4.58. The average molecular weight is 291 g/mol. The van der Waals surface area contributed by atoms with Crippen LogP contribution in [0.25, 0.3) is 0 Å². The quantitative estimate of drug-likeness (QED) is 0.895. The molecule has 2 fully saturated rings. The van der Waals surface area contributed by atoms with Gasteiger partial charge in [-0.25, -0.2) is 4.98 Å². The third-order valence-electron chi connectivity index (χ3n) is 5.12. The lowest BCUT2D eigenvalue weighted by atomic mass is 9.84. The summed E-state index contributed by atoms with van der Waals surface area (Å²) in [7, 11) is 0. The van der Waals surface area contributed by atoms with E-state index in [2.05, 4.69) is 9.97 Å². The van der Waals surface area contributed by atoms with E-state index in [4.69, 9.17) is 0 Å².